The molecule has 2 heteroatoms. The molecule has 0 saturated heterocycles. The number of rotatable bonds is 7. The molecule has 0 unspecified atom stereocenters. The Hall–Kier alpha value is -1.02. The summed E-state index contributed by atoms with van der Waals surface area (Å²) in [6.07, 6.45) is 5.86. The summed E-state index contributed by atoms with van der Waals surface area (Å²) in [5.74, 6) is 0.691. The van der Waals surface area contributed by atoms with Gasteiger partial charge in [-0.2, -0.15) is 0 Å². The van der Waals surface area contributed by atoms with Gasteiger partial charge in [0.1, 0.15) is 5.76 Å². The maximum Gasteiger partial charge on any atom is 0.112 e. The Kier molecular flexibility index (Phi) is 7.95. The minimum atomic E-state index is 0.658. The van der Waals surface area contributed by atoms with Crippen molar-refractivity contribution in [2.75, 3.05) is 19.8 Å². The number of hydrogen-bond donors (Lipinski definition) is 0. The molecule has 0 saturated carbocycles. The fourth-order valence-corrected chi connectivity index (χ4v) is 0.834. The molecule has 0 fully saturated rings. The first-order chi connectivity index (χ1) is 6.70. The van der Waals surface area contributed by atoms with Crippen LogP contribution in [0.1, 0.15) is 20.8 Å². The molecule has 0 rings (SSSR count). The van der Waals surface area contributed by atoms with Crippen molar-refractivity contribution in [2.24, 2.45) is 0 Å². The van der Waals surface area contributed by atoms with Crippen LogP contribution in [0.2, 0.25) is 0 Å². The minimum Gasteiger partial charge on any atom is -0.495 e. The standard InChI is InChI=1S/C12H20O2/c1-5-13-10-9-11(3)7-8-12(4)14-6-2/h7-9H,4-6,10H2,1-3H3/b8-7-,11-9-. The van der Waals surface area contributed by atoms with Crippen LogP contribution in [0.4, 0.5) is 0 Å². The highest BCUT2D eigenvalue weighted by atomic mass is 16.5. The number of allylic oxidation sites excluding steroid dienone is 3. The van der Waals surface area contributed by atoms with E-state index in [2.05, 4.69) is 6.58 Å². The van der Waals surface area contributed by atoms with Gasteiger partial charge in [-0.25, -0.2) is 0 Å². The van der Waals surface area contributed by atoms with Crippen molar-refractivity contribution in [2.45, 2.75) is 20.8 Å². The zero-order valence-electron chi connectivity index (χ0n) is 9.38. The van der Waals surface area contributed by atoms with Gasteiger partial charge in [0.05, 0.1) is 13.2 Å². The molecular weight excluding hydrogens is 176 g/mol. The first-order valence-corrected chi connectivity index (χ1v) is 4.95. The first-order valence-electron chi connectivity index (χ1n) is 4.95. The third kappa shape index (κ3) is 7.62. The Balaban J connectivity index is 3.84. The Morgan fingerprint density at radius 3 is 2.50 bits per heavy atom. The Labute approximate surface area is 86.9 Å². The van der Waals surface area contributed by atoms with Gasteiger partial charge in [0.2, 0.25) is 0 Å². The predicted octanol–water partition coefficient (Wildman–Crippen LogP) is 3.08. The molecule has 0 bridgehead atoms. The van der Waals surface area contributed by atoms with Gasteiger partial charge < -0.3 is 9.47 Å². The molecular formula is C12H20O2. The van der Waals surface area contributed by atoms with E-state index in [1.54, 1.807) is 0 Å². The zero-order valence-corrected chi connectivity index (χ0v) is 9.38. The molecule has 2 nitrogen and oxygen atoms in total. The van der Waals surface area contributed by atoms with E-state index < -0.39 is 0 Å². The van der Waals surface area contributed by atoms with E-state index >= 15 is 0 Å². The Bertz CT molecular complexity index is 214. The van der Waals surface area contributed by atoms with Crippen LogP contribution in [0.5, 0.6) is 0 Å². The van der Waals surface area contributed by atoms with Gasteiger partial charge in [0.15, 0.2) is 0 Å². The van der Waals surface area contributed by atoms with E-state index in [0.29, 0.717) is 19.0 Å². The average Bonchev–Trinajstić information content (AvgIpc) is 2.16. The van der Waals surface area contributed by atoms with Crippen LogP contribution in [0.25, 0.3) is 0 Å². The van der Waals surface area contributed by atoms with Crippen LogP contribution in [-0.4, -0.2) is 19.8 Å². The van der Waals surface area contributed by atoms with Crippen LogP contribution in [-0.2, 0) is 9.47 Å². The quantitative estimate of drug-likeness (QED) is 0.354. The molecule has 0 aromatic carbocycles. The van der Waals surface area contributed by atoms with Gasteiger partial charge in [-0.3, -0.25) is 0 Å². The van der Waals surface area contributed by atoms with E-state index in [4.69, 9.17) is 9.47 Å². The van der Waals surface area contributed by atoms with E-state index in [0.717, 1.165) is 12.2 Å². The van der Waals surface area contributed by atoms with E-state index in [1.807, 2.05) is 39.0 Å². The molecule has 0 aromatic rings. The fourth-order valence-electron chi connectivity index (χ4n) is 0.834. The summed E-state index contributed by atoms with van der Waals surface area (Å²) in [5.41, 5.74) is 1.15. The van der Waals surface area contributed by atoms with Crippen LogP contribution < -0.4 is 0 Å². The average molecular weight is 196 g/mol. The van der Waals surface area contributed by atoms with Crippen molar-refractivity contribution >= 4 is 0 Å². The molecule has 0 aliphatic rings. The summed E-state index contributed by atoms with van der Waals surface area (Å²) < 4.78 is 10.4. The van der Waals surface area contributed by atoms with E-state index in [9.17, 15) is 0 Å². The largest absolute Gasteiger partial charge is 0.495 e. The van der Waals surface area contributed by atoms with Crippen LogP contribution >= 0.6 is 0 Å². The summed E-state index contributed by atoms with van der Waals surface area (Å²) in [6.45, 7) is 11.8. The van der Waals surface area contributed by atoms with Crippen molar-refractivity contribution in [1.29, 1.82) is 0 Å². The lowest BCUT2D eigenvalue weighted by Crippen LogP contribution is -1.89. The van der Waals surface area contributed by atoms with Crippen molar-refractivity contribution in [3.63, 3.8) is 0 Å². The van der Waals surface area contributed by atoms with Crippen LogP contribution in [0.3, 0.4) is 0 Å². The number of hydrogen-bond acceptors (Lipinski definition) is 2. The minimum absolute atomic E-state index is 0.658. The van der Waals surface area contributed by atoms with Gasteiger partial charge in [0, 0.05) is 6.61 Å². The maximum atomic E-state index is 5.19. The lowest BCUT2D eigenvalue weighted by molar-refractivity contribution is 0.177. The van der Waals surface area contributed by atoms with Gasteiger partial charge in [-0.1, -0.05) is 24.3 Å². The fraction of sp³-hybridized carbons (Fsp3) is 0.500. The van der Waals surface area contributed by atoms with Crippen molar-refractivity contribution < 1.29 is 9.47 Å². The lowest BCUT2D eigenvalue weighted by atomic mass is 10.2. The van der Waals surface area contributed by atoms with E-state index in [1.165, 1.54) is 0 Å². The summed E-state index contributed by atoms with van der Waals surface area (Å²) in [4.78, 5) is 0. The summed E-state index contributed by atoms with van der Waals surface area (Å²) in [6, 6.07) is 0. The Morgan fingerprint density at radius 2 is 1.93 bits per heavy atom. The smallest absolute Gasteiger partial charge is 0.112 e. The molecule has 0 aliphatic carbocycles. The van der Waals surface area contributed by atoms with Crippen molar-refractivity contribution in [1.82, 2.24) is 0 Å². The van der Waals surface area contributed by atoms with Crippen LogP contribution in [0, 0.1) is 0 Å². The molecule has 80 valence electrons. The Morgan fingerprint density at radius 1 is 1.21 bits per heavy atom. The molecule has 0 radical (unpaired) electrons. The summed E-state index contributed by atoms with van der Waals surface area (Å²) in [7, 11) is 0. The lowest BCUT2D eigenvalue weighted by Gasteiger charge is -2.00. The third-order valence-electron chi connectivity index (χ3n) is 1.59. The van der Waals surface area contributed by atoms with E-state index in [-0.39, 0.29) is 0 Å². The molecule has 0 spiro atoms. The van der Waals surface area contributed by atoms with Crippen molar-refractivity contribution in [3.8, 4) is 0 Å². The molecule has 0 aliphatic heterocycles. The summed E-state index contributed by atoms with van der Waals surface area (Å²) >= 11 is 0. The molecule has 0 heterocycles. The normalized spacial score (nSPS) is 12.1. The molecule has 0 amide bonds. The topological polar surface area (TPSA) is 18.5 Å². The maximum absolute atomic E-state index is 5.19. The van der Waals surface area contributed by atoms with Gasteiger partial charge in [-0.05, 0) is 26.8 Å². The molecule has 0 aromatic heterocycles. The summed E-state index contributed by atoms with van der Waals surface area (Å²) in [5, 5.41) is 0. The van der Waals surface area contributed by atoms with Gasteiger partial charge in [0.25, 0.3) is 0 Å². The monoisotopic (exact) mass is 196 g/mol. The molecule has 14 heavy (non-hydrogen) atoms. The highest BCUT2D eigenvalue weighted by molar-refractivity contribution is 5.22. The van der Waals surface area contributed by atoms with Crippen molar-refractivity contribution in [3.05, 3.63) is 36.1 Å². The van der Waals surface area contributed by atoms with Crippen LogP contribution in [0.15, 0.2) is 36.1 Å². The van der Waals surface area contributed by atoms with Gasteiger partial charge in [-0.15, -0.1) is 0 Å². The second-order valence-electron chi connectivity index (χ2n) is 2.84. The highest BCUT2D eigenvalue weighted by Gasteiger charge is 1.86. The number of ether oxygens (including phenoxy) is 2. The second kappa shape index (κ2) is 8.57. The second-order valence-corrected chi connectivity index (χ2v) is 2.84. The third-order valence-corrected chi connectivity index (χ3v) is 1.59. The predicted molar refractivity (Wildman–Crippen MR) is 60.2 cm³/mol. The first kappa shape index (κ1) is 13.0. The highest BCUT2D eigenvalue weighted by Crippen LogP contribution is 2.00. The van der Waals surface area contributed by atoms with Gasteiger partial charge >= 0.3 is 0 Å². The molecule has 0 atom stereocenters. The molecule has 0 N–H and O–H groups in total. The zero-order chi connectivity index (χ0) is 10.8. The SMILES string of the molecule is C=C(/C=C\C(C)=C/COCC)OCC.